The molecule has 1 aliphatic heterocycles. The number of rotatable bonds is 5. The van der Waals surface area contributed by atoms with Gasteiger partial charge < -0.3 is 4.74 Å². The number of esters is 1. The van der Waals surface area contributed by atoms with Crippen LogP contribution >= 0.6 is 46.2 Å². The molecule has 0 spiro atoms. The molecule has 0 unspecified atom stereocenters. The fourth-order valence-electron chi connectivity index (χ4n) is 4.21. The Balaban J connectivity index is 2.02. The van der Waals surface area contributed by atoms with Crippen LogP contribution < -0.4 is 0 Å². The molecule has 0 amide bonds. The number of hydrogen-bond acceptors (Lipinski definition) is 10. The van der Waals surface area contributed by atoms with Crippen LogP contribution in [0, 0.1) is 22.7 Å². The Kier molecular flexibility index (Phi) is 7.24. The van der Waals surface area contributed by atoms with Crippen LogP contribution in [0.3, 0.4) is 0 Å². The predicted molar refractivity (Wildman–Crippen MR) is 130 cm³/mol. The standard InChI is InChI=1S/C23H19NO5S4/c1-2-29-22(28)23(12-24)13(15-5-3-7-30-15)11-14(25)17(21-32-9-10-33-21)20(27)18(23)19(26)16-6-4-8-31-16/h3-8,13,18H,2,9-11H2,1H3/t13-,18+,23-/m1/s1. The summed E-state index contributed by atoms with van der Waals surface area (Å²) in [5, 5.41) is 14.0. The van der Waals surface area contributed by atoms with Crippen LogP contribution in [0.25, 0.3) is 0 Å². The second-order valence-electron chi connectivity index (χ2n) is 7.39. The number of nitrogens with zero attached hydrogens (tertiary/aromatic N) is 1. The second kappa shape index (κ2) is 9.97. The molecule has 0 bridgehead atoms. The highest BCUT2D eigenvalue weighted by Crippen LogP contribution is 2.53. The van der Waals surface area contributed by atoms with E-state index < -0.39 is 40.6 Å². The lowest BCUT2D eigenvalue weighted by atomic mass is 9.64. The first-order chi connectivity index (χ1) is 16.0. The average molecular weight is 518 g/mol. The molecule has 3 atom stereocenters. The highest BCUT2D eigenvalue weighted by atomic mass is 32.2. The Morgan fingerprint density at radius 2 is 1.85 bits per heavy atom. The number of Topliss-reactive ketones (excluding diaryl/α,β-unsaturated/α-hetero) is 3. The third kappa shape index (κ3) is 4.12. The zero-order valence-corrected chi connectivity index (χ0v) is 20.8. The molecule has 2 aromatic heterocycles. The number of ether oxygens (including phenoxy) is 1. The Morgan fingerprint density at radius 1 is 1.15 bits per heavy atom. The maximum Gasteiger partial charge on any atom is 0.328 e. The van der Waals surface area contributed by atoms with E-state index in [1.54, 1.807) is 41.9 Å². The quantitative estimate of drug-likeness (QED) is 0.140. The van der Waals surface area contributed by atoms with Crippen LogP contribution in [-0.2, 0) is 19.1 Å². The van der Waals surface area contributed by atoms with Gasteiger partial charge in [0.2, 0.25) is 0 Å². The van der Waals surface area contributed by atoms with E-state index in [2.05, 4.69) is 0 Å². The normalized spacial score (nSPS) is 25.6. The lowest BCUT2D eigenvalue weighted by molar-refractivity contribution is -0.157. The number of nitriles is 1. The van der Waals surface area contributed by atoms with Crippen molar-refractivity contribution in [3.05, 3.63) is 54.6 Å². The van der Waals surface area contributed by atoms with Gasteiger partial charge in [-0.15, -0.1) is 46.2 Å². The summed E-state index contributed by atoms with van der Waals surface area (Å²) in [4.78, 5) is 55.6. The van der Waals surface area contributed by atoms with Crippen LogP contribution in [0.15, 0.2) is 44.8 Å². The van der Waals surface area contributed by atoms with E-state index in [9.17, 15) is 24.4 Å². The minimum atomic E-state index is -2.16. The number of ketones is 3. The van der Waals surface area contributed by atoms with Gasteiger partial charge in [-0.2, -0.15) is 5.26 Å². The number of thiophene rings is 2. The maximum atomic E-state index is 14.0. The summed E-state index contributed by atoms with van der Waals surface area (Å²) < 4.78 is 5.87. The van der Waals surface area contributed by atoms with Crippen molar-refractivity contribution in [2.45, 2.75) is 19.3 Å². The van der Waals surface area contributed by atoms with Crippen LogP contribution in [0.1, 0.15) is 33.8 Å². The summed E-state index contributed by atoms with van der Waals surface area (Å²) in [6.07, 6.45) is -0.229. The zero-order chi connectivity index (χ0) is 23.6. The first-order valence-electron chi connectivity index (χ1n) is 10.2. The van der Waals surface area contributed by atoms with Crippen molar-refractivity contribution in [2.75, 3.05) is 18.1 Å². The predicted octanol–water partition coefficient (Wildman–Crippen LogP) is 4.70. The molecule has 6 nitrogen and oxygen atoms in total. The Labute approximate surface area is 207 Å². The number of carbonyl (C=O) groups excluding carboxylic acids is 4. The summed E-state index contributed by atoms with van der Waals surface area (Å²) >= 11 is 5.21. The molecule has 4 rings (SSSR count). The lowest BCUT2D eigenvalue weighted by Crippen LogP contribution is -2.49. The van der Waals surface area contributed by atoms with Gasteiger partial charge in [0, 0.05) is 28.7 Å². The molecule has 1 saturated carbocycles. The SMILES string of the molecule is CCOC(=O)[C@@]1(C#N)[C@@H](C(=O)c2cccs2)C(=O)C(=C2SCCS2)C(=O)C[C@@H]1c1cccs1. The summed E-state index contributed by atoms with van der Waals surface area (Å²) in [7, 11) is 0. The van der Waals surface area contributed by atoms with E-state index in [1.165, 1.54) is 34.9 Å². The monoisotopic (exact) mass is 517 g/mol. The van der Waals surface area contributed by atoms with Crippen LogP contribution in [0.4, 0.5) is 0 Å². The Morgan fingerprint density at radius 3 is 2.42 bits per heavy atom. The van der Waals surface area contributed by atoms with Crippen molar-refractivity contribution in [3.8, 4) is 6.07 Å². The molecule has 2 fully saturated rings. The highest BCUT2D eigenvalue weighted by molar-refractivity contribution is 8.25. The number of carbonyl (C=O) groups is 4. The maximum absolute atomic E-state index is 14.0. The summed E-state index contributed by atoms with van der Waals surface area (Å²) in [5.74, 6) is -3.96. The molecule has 33 heavy (non-hydrogen) atoms. The molecule has 2 aromatic rings. The minimum absolute atomic E-state index is 0.0267. The van der Waals surface area contributed by atoms with Gasteiger partial charge in [-0.1, -0.05) is 12.1 Å². The number of allylic oxidation sites excluding steroid dienone is 1. The topological polar surface area (TPSA) is 101 Å². The molecule has 0 aromatic carbocycles. The average Bonchev–Trinajstić information content (AvgIpc) is 3.58. The lowest BCUT2D eigenvalue weighted by Gasteiger charge is -2.34. The number of thioether (sulfide) groups is 2. The summed E-state index contributed by atoms with van der Waals surface area (Å²) in [6, 6.07) is 8.75. The van der Waals surface area contributed by atoms with Crippen LogP contribution in [0.2, 0.25) is 0 Å². The summed E-state index contributed by atoms with van der Waals surface area (Å²) in [5.41, 5.74) is -2.22. The molecule has 0 N–H and O–H groups in total. The van der Waals surface area contributed by atoms with Crippen molar-refractivity contribution >= 4 is 69.5 Å². The molecule has 2 aliphatic rings. The summed E-state index contributed by atoms with van der Waals surface area (Å²) in [6.45, 7) is 1.57. The second-order valence-corrected chi connectivity index (χ2v) is 11.8. The van der Waals surface area contributed by atoms with Crippen LogP contribution in [0.5, 0.6) is 0 Å². The van der Waals surface area contributed by atoms with E-state index in [-0.39, 0.29) is 23.5 Å². The van der Waals surface area contributed by atoms with Crippen molar-refractivity contribution in [2.24, 2.45) is 11.3 Å². The molecule has 10 heteroatoms. The van der Waals surface area contributed by atoms with Gasteiger partial charge in [-0.3, -0.25) is 19.2 Å². The van der Waals surface area contributed by atoms with Gasteiger partial charge in [0.05, 0.1) is 27.4 Å². The first-order valence-corrected chi connectivity index (χ1v) is 14.0. The van der Waals surface area contributed by atoms with Gasteiger partial charge in [-0.25, -0.2) is 0 Å². The van der Waals surface area contributed by atoms with E-state index in [0.717, 1.165) is 22.8 Å². The molecule has 3 heterocycles. The molecule has 170 valence electrons. The van der Waals surface area contributed by atoms with E-state index in [0.29, 0.717) is 9.11 Å². The Hall–Kier alpha value is -2.19. The fraction of sp³-hybridized carbons (Fsp3) is 0.348. The van der Waals surface area contributed by atoms with Crippen molar-refractivity contribution in [1.82, 2.24) is 0 Å². The number of hydrogen-bond donors (Lipinski definition) is 0. The third-order valence-corrected chi connectivity index (χ3v) is 10.2. The largest absolute Gasteiger partial charge is 0.465 e. The molecular weight excluding hydrogens is 499 g/mol. The first kappa shape index (κ1) is 24.0. The highest BCUT2D eigenvalue weighted by Gasteiger charge is 2.63. The van der Waals surface area contributed by atoms with E-state index in [1.807, 2.05) is 6.07 Å². The van der Waals surface area contributed by atoms with Crippen molar-refractivity contribution in [1.29, 1.82) is 5.26 Å². The van der Waals surface area contributed by atoms with Crippen LogP contribution in [-0.4, -0.2) is 41.4 Å². The van der Waals surface area contributed by atoms with Gasteiger partial charge in [-0.05, 0) is 29.8 Å². The zero-order valence-electron chi connectivity index (χ0n) is 17.6. The van der Waals surface area contributed by atoms with Crippen molar-refractivity contribution < 1.29 is 23.9 Å². The smallest absolute Gasteiger partial charge is 0.328 e. The van der Waals surface area contributed by atoms with E-state index in [4.69, 9.17) is 4.74 Å². The molecule has 1 saturated heterocycles. The molecule has 0 radical (unpaired) electrons. The van der Waals surface area contributed by atoms with Gasteiger partial charge in [0.15, 0.2) is 22.8 Å². The molecule has 1 aliphatic carbocycles. The van der Waals surface area contributed by atoms with Crippen molar-refractivity contribution in [3.63, 3.8) is 0 Å². The fourth-order valence-corrected chi connectivity index (χ4v) is 8.40. The van der Waals surface area contributed by atoms with Gasteiger partial charge in [0.1, 0.15) is 5.92 Å². The third-order valence-electron chi connectivity index (χ3n) is 5.65. The minimum Gasteiger partial charge on any atom is -0.465 e. The Bertz CT molecular complexity index is 1150. The van der Waals surface area contributed by atoms with E-state index >= 15 is 0 Å². The van der Waals surface area contributed by atoms with Gasteiger partial charge >= 0.3 is 5.97 Å². The van der Waals surface area contributed by atoms with Gasteiger partial charge in [0.25, 0.3) is 0 Å². The molecular formula is C23H19NO5S4.